The van der Waals surface area contributed by atoms with Crippen molar-refractivity contribution in [2.24, 2.45) is 46.3 Å². The lowest BCUT2D eigenvalue weighted by molar-refractivity contribution is -0.313. The Kier molecular flexibility index (Phi) is 18.3. The number of hydrogen-bond donors (Lipinski definition) is 3. The molecule has 1 saturated heterocycles. The molecule has 0 amide bonds. The summed E-state index contributed by atoms with van der Waals surface area (Å²) in [6.07, 6.45) is 29.8. The molecule has 3 N–H and O–H groups in total. The van der Waals surface area contributed by atoms with Gasteiger partial charge in [-0.1, -0.05) is 129 Å². The number of aliphatic hydroxyl groups is 3. The molecule has 3 saturated carbocycles. The maximum atomic E-state index is 12.6. The summed E-state index contributed by atoms with van der Waals surface area (Å²) < 4.78 is 18.0. The molecule has 7 nitrogen and oxygen atoms in total. The first kappa shape index (κ1) is 46.6. The average molecular weight is 797 g/mol. The highest BCUT2D eigenvalue weighted by molar-refractivity contribution is 5.69. The lowest BCUT2D eigenvalue weighted by Crippen LogP contribution is -2.60. The Morgan fingerprint density at radius 2 is 1.58 bits per heavy atom. The molecule has 326 valence electrons. The topological polar surface area (TPSA) is 105 Å². The quantitative estimate of drug-likeness (QED) is 0.0569. The summed E-state index contributed by atoms with van der Waals surface area (Å²) in [7, 11) is 0. The van der Waals surface area contributed by atoms with E-state index in [-0.39, 0.29) is 24.1 Å². The van der Waals surface area contributed by atoms with Crippen LogP contribution in [0.1, 0.15) is 183 Å². The standard InChI is InChI=1S/C50H84O7/c1-7-8-9-10-11-12-13-14-15-16-17-18-19-20-24-44(51)55-34-43-45(52)46(53)47(54)48(57-43)56-38-29-31-49(5)37(33-38)25-26-39-41-28-27-40(36(4)23-21-22-35(2)3)50(41,6)32-30-42(39)49/h10-11,13-14,25,35-36,38-43,45-48,52-54H,7-9,12,15-24,26-34H2,1-6H3/b11-10-,14-13-. The lowest BCUT2D eigenvalue weighted by atomic mass is 9.47. The third kappa shape index (κ3) is 12.1. The second kappa shape index (κ2) is 22.4. The minimum absolute atomic E-state index is 0.143. The number of aliphatic hydroxyl groups excluding tert-OH is 3. The van der Waals surface area contributed by atoms with Gasteiger partial charge in [0.15, 0.2) is 6.29 Å². The van der Waals surface area contributed by atoms with Crippen molar-refractivity contribution in [3.8, 4) is 0 Å². The molecule has 0 bridgehead atoms. The van der Waals surface area contributed by atoms with E-state index in [0.717, 1.165) is 100 Å². The van der Waals surface area contributed by atoms with Crippen molar-refractivity contribution in [3.05, 3.63) is 36.0 Å². The fraction of sp³-hybridized carbons (Fsp3) is 0.860. The number of carbonyl (C=O) groups is 1. The van der Waals surface area contributed by atoms with Crippen molar-refractivity contribution in [2.75, 3.05) is 6.61 Å². The molecule has 7 heteroatoms. The molecule has 0 aromatic carbocycles. The summed E-state index contributed by atoms with van der Waals surface area (Å²) in [6, 6.07) is 0. The highest BCUT2D eigenvalue weighted by atomic mass is 16.7. The number of fused-ring (bicyclic) bond motifs is 5. The zero-order chi connectivity index (χ0) is 41.0. The minimum atomic E-state index is -1.45. The van der Waals surface area contributed by atoms with E-state index in [2.05, 4.69) is 71.9 Å². The molecule has 0 spiro atoms. The number of esters is 1. The van der Waals surface area contributed by atoms with Crippen molar-refractivity contribution in [3.63, 3.8) is 0 Å². The monoisotopic (exact) mass is 797 g/mol. The van der Waals surface area contributed by atoms with E-state index in [1.54, 1.807) is 0 Å². The van der Waals surface area contributed by atoms with E-state index in [4.69, 9.17) is 14.2 Å². The highest BCUT2D eigenvalue weighted by Gasteiger charge is 2.59. The second-order valence-electron chi connectivity index (χ2n) is 20.1. The van der Waals surface area contributed by atoms with Crippen LogP contribution in [0, 0.1) is 46.3 Å². The molecule has 0 radical (unpaired) electrons. The third-order valence-electron chi connectivity index (χ3n) is 15.7. The van der Waals surface area contributed by atoms with Gasteiger partial charge in [-0.25, -0.2) is 0 Å². The Bertz CT molecular complexity index is 1310. The molecule has 5 aliphatic rings. The second-order valence-corrected chi connectivity index (χ2v) is 20.1. The van der Waals surface area contributed by atoms with Gasteiger partial charge < -0.3 is 29.5 Å². The van der Waals surface area contributed by atoms with Gasteiger partial charge in [-0.05, 0) is 130 Å². The van der Waals surface area contributed by atoms with Crippen LogP contribution in [0.5, 0.6) is 0 Å². The van der Waals surface area contributed by atoms with Crippen LogP contribution in [0.25, 0.3) is 0 Å². The summed E-state index contributed by atoms with van der Waals surface area (Å²) in [5, 5.41) is 32.4. The van der Waals surface area contributed by atoms with Crippen LogP contribution in [0.15, 0.2) is 36.0 Å². The molecule has 4 fully saturated rings. The number of unbranched alkanes of at least 4 members (excludes halogenated alkanes) is 7. The molecule has 13 unspecified atom stereocenters. The highest BCUT2D eigenvalue weighted by Crippen LogP contribution is 2.67. The lowest BCUT2D eigenvalue weighted by Gasteiger charge is -2.58. The van der Waals surface area contributed by atoms with Gasteiger partial charge in [-0.15, -0.1) is 0 Å². The van der Waals surface area contributed by atoms with Gasteiger partial charge in [0.05, 0.1) is 6.10 Å². The molecule has 0 aromatic rings. The van der Waals surface area contributed by atoms with Crippen LogP contribution in [0.2, 0.25) is 0 Å². The summed E-state index contributed by atoms with van der Waals surface area (Å²) in [5.41, 5.74) is 2.13. The smallest absolute Gasteiger partial charge is 0.305 e. The molecule has 57 heavy (non-hydrogen) atoms. The van der Waals surface area contributed by atoms with Crippen LogP contribution in [-0.4, -0.2) is 64.7 Å². The first-order valence-corrected chi connectivity index (χ1v) is 23.9. The molecule has 4 aliphatic carbocycles. The van der Waals surface area contributed by atoms with E-state index in [1.165, 1.54) is 69.8 Å². The van der Waals surface area contributed by atoms with Gasteiger partial charge in [0.2, 0.25) is 0 Å². The zero-order valence-electron chi connectivity index (χ0n) is 37.1. The number of allylic oxidation sites excluding steroid dienone is 5. The van der Waals surface area contributed by atoms with Gasteiger partial charge in [-0.2, -0.15) is 0 Å². The van der Waals surface area contributed by atoms with Crippen molar-refractivity contribution in [1.29, 1.82) is 0 Å². The van der Waals surface area contributed by atoms with Crippen LogP contribution in [-0.2, 0) is 19.0 Å². The first-order chi connectivity index (χ1) is 27.4. The van der Waals surface area contributed by atoms with Crippen LogP contribution in [0.4, 0.5) is 0 Å². The molecule has 5 rings (SSSR count). The minimum Gasteiger partial charge on any atom is -0.463 e. The van der Waals surface area contributed by atoms with E-state index >= 15 is 0 Å². The SMILES string of the molecule is CCCC/C=C\C/C=C\CCCCCCCC(=O)OCC1OC(OC2CCC3(C)C(=CCC4C3CCC3(C)C(C(C)CCCC(C)C)CCC43)C2)C(O)C(O)C1O. The average Bonchev–Trinajstić information content (AvgIpc) is 3.55. The molecule has 1 heterocycles. The molecule has 1 aliphatic heterocycles. The van der Waals surface area contributed by atoms with Crippen LogP contribution in [0.3, 0.4) is 0 Å². The van der Waals surface area contributed by atoms with Crippen LogP contribution < -0.4 is 0 Å². The van der Waals surface area contributed by atoms with Crippen molar-refractivity contribution in [1.82, 2.24) is 0 Å². The fourth-order valence-electron chi connectivity index (χ4n) is 12.3. The Balaban J connectivity index is 1.03. The van der Waals surface area contributed by atoms with Crippen molar-refractivity contribution >= 4 is 5.97 Å². The largest absolute Gasteiger partial charge is 0.463 e. The Labute approximate surface area is 347 Å². The summed E-state index contributed by atoms with van der Waals surface area (Å²) in [4.78, 5) is 12.6. The predicted octanol–water partition coefficient (Wildman–Crippen LogP) is 11.2. The molecule has 13 atom stereocenters. The first-order valence-electron chi connectivity index (χ1n) is 23.9. The molecular weight excluding hydrogens is 713 g/mol. The van der Waals surface area contributed by atoms with Crippen molar-refractivity contribution in [2.45, 2.75) is 220 Å². The number of carbonyl (C=O) groups excluding carboxylic acids is 1. The fourth-order valence-corrected chi connectivity index (χ4v) is 12.3. The molecule has 0 aromatic heterocycles. The van der Waals surface area contributed by atoms with Crippen molar-refractivity contribution < 1.29 is 34.3 Å². The maximum absolute atomic E-state index is 12.6. The van der Waals surface area contributed by atoms with E-state index < -0.39 is 30.7 Å². The summed E-state index contributed by atoms with van der Waals surface area (Å²) >= 11 is 0. The normalized spacial score (nSPS) is 37.3. The van der Waals surface area contributed by atoms with E-state index in [9.17, 15) is 20.1 Å². The summed E-state index contributed by atoms with van der Waals surface area (Å²) in [6.45, 7) is 14.5. The van der Waals surface area contributed by atoms with E-state index in [0.29, 0.717) is 17.8 Å². The Morgan fingerprint density at radius 1 is 0.842 bits per heavy atom. The van der Waals surface area contributed by atoms with Gasteiger partial charge in [0.25, 0.3) is 0 Å². The van der Waals surface area contributed by atoms with Gasteiger partial charge >= 0.3 is 5.97 Å². The number of rotatable bonds is 22. The van der Waals surface area contributed by atoms with Gasteiger partial charge in [0, 0.05) is 6.42 Å². The van der Waals surface area contributed by atoms with Gasteiger partial charge in [0.1, 0.15) is 31.0 Å². The Morgan fingerprint density at radius 3 is 2.33 bits per heavy atom. The van der Waals surface area contributed by atoms with Gasteiger partial charge in [-0.3, -0.25) is 4.79 Å². The summed E-state index contributed by atoms with van der Waals surface area (Å²) in [5.74, 6) is 4.41. The third-order valence-corrected chi connectivity index (χ3v) is 15.7. The number of hydrogen-bond acceptors (Lipinski definition) is 7. The maximum Gasteiger partial charge on any atom is 0.305 e. The zero-order valence-corrected chi connectivity index (χ0v) is 37.1. The predicted molar refractivity (Wildman–Crippen MR) is 230 cm³/mol. The molecular formula is C50H84O7. The Hall–Kier alpha value is -1.51. The van der Waals surface area contributed by atoms with Crippen LogP contribution >= 0.6 is 0 Å². The van der Waals surface area contributed by atoms with E-state index in [1.807, 2.05) is 0 Å². The number of ether oxygens (including phenoxy) is 3.